The molecule has 0 spiro atoms. The number of rotatable bonds is 5. The summed E-state index contributed by atoms with van der Waals surface area (Å²) in [5, 5.41) is 5.28. The average Bonchev–Trinajstić information content (AvgIpc) is 2.32. The number of halogens is 1. The summed E-state index contributed by atoms with van der Waals surface area (Å²) in [4.78, 5) is 22.9. The van der Waals surface area contributed by atoms with Crippen molar-refractivity contribution in [1.82, 2.24) is 0 Å². The number of carbonyl (C=O) groups is 2. The van der Waals surface area contributed by atoms with Crippen molar-refractivity contribution in [3.05, 3.63) is 22.7 Å². The maximum absolute atomic E-state index is 11.8. The lowest BCUT2D eigenvalue weighted by Crippen LogP contribution is -2.39. The third-order valence-electron chi connectivity index (χ3n) is 2.23. The summed E-state index contributed by atoms with van der Waals surface area (Å²) in [5.41, 5.74) is 6.61. The number of anilines is 2. The molecule has 6 nitrogen and oxygen atoms in total. The molecule has 0 aliphatic heterocycles. The molecule has 0 aliphatic rings. The van der Waals surface area contributed by atoms with Crippen molar-refractivity contribution in [3.63, 3.8) is 0 Å². The largest absolute Gasteiger partial charge is 0.383 e. The number of nitrogens with two attached hydrogens (primary N) is 1. The van der Waals surface area contributed by atoms with Crippen LogP contribution in [0.3, 0.4) is 0 Å². The van der Waals surface area contributed by atoms with Crippen LogP contribution in [-0.2, 0) is 14.3 Å². The van der Waals surface area contributed by atoms with Crippen LogP contribution < -0.4 is 16.4 Å². The molecule has 0 aromatic heterocycles. The molecule has 0 radical (unpaired) electrons. The SMILES string of the molecule is COCC(N)C(=O)Nc1cc(Br)ccc1NC(C)=O. The molecule has 1 rings (SSSR count). The van der Waals surface area contributed by atoms with Crippen LogP contribution in [0, 0.1) is 0 Å². The summed E-state index contributed by atoms with van der Waals surface area (Å²) < 4.78 is 5.59. The number of carbonyl (C=O) groups excluding carboxylic acids is 2. The topological polar surface area (TPSA) is 93.4 Å². The fraction of sp³-hybridized carbons (Fsp3) is 0.333. The summed E-state index contributed by atoms with van der Waals surface area (Å²) in [7, 11) is 1.47. The summed E-state index contributed by atoms with van der Waals surface area (Å²) in [6.45, 7) is 1.51. The van der Waals surface area contributed by atoms with E-state index in [1.807, 2.05) is 0 Å². The molecular weight excluding hydrogens is 314 g/mol. The number of nitrogens with one attached hydrogen (secondary N) is 2. The van der Waals surface area contributed by atoms with Crippen LogP contribution in [0.4, 0.5) is 11.4 Å². The fourth-order valence-corrected chi connectivity index (χ4v) is 1.76. The molecule has 1 aromatic rings. The molecule has 19 heavy (non-hydrogen) atoms. The lowest BCUT2D eigenvalue weighted by molar-refractivity contribution is -0.118. The van der Waals surface area contributed by atoms with Crippen molar-refractivity contribution in [2.75, 3.05) is 24.4 Å². The standard InChI is InChI=1S/C12H16BrN3O3/c1-7(17)15-10-4-3-8(13)5-11(10)16-12(18)9(14)6-19-2/h3-5,9H,6,14H2,1-2H3,(H,15,17)(H,16,18). The van der Waals surface area contributed by atoms with Crippen LogP contribution in [0.1, 0.15) is 6.92 Å². The van der Waals surface area contributed by atoms with Crippen LogP contribution in [-0.4, -0.2) is 31.6 Å². The molecule has 0 saturated heterocycles. The lowest BCUT2D eigenvalue weighted by Gasteiger charge is -2.15. The van der Waals surface area contributed by atoms with Crippen molar-refractivity contribution >= 4 is 39.1 Å². The van der Waals surface area contributed by atoms with Gasteiger partial charge in [0.05, 0.1) is 18.0 Å². The molecule has 0 aliphatic carbocycles. The number of ether oxygens (including phenoxy) is 1. The van der Waals surface area contributed by atoms with Crippen molar-refractivity contribution in [2.45, 2.75) is 13.0 Å². The monoisotopic (exact) mass is 329 g/mol. The Bertz CT molecular complexity index is 479. The van der Waals surface area contributed by atoms with E-state index in [9.17, 15) is 9.59 Å². The summed E-state index contributed by atoms with van der Waals surface area (Å²) in [6, 6.07) is 4.36. The Morgan fingerprint density at radius 2 is 2.05 bits per heavy atom. The van der Waals surface area contributed by atoms with Gasteiger partial charge in [0.2, 0.25) is 11.8 Å². The second-order valence-electron chi connectivity index (χ2n) is 3.92. The van der Waals surface area contributed by atoms with Crippen LogP contribution >= 0.6 is 15.9 Å². The van der Waals surface area contributed by atoms with Gasteiger partial charge < -0.3 is 21.1 Å². The van der Waals surface area contributed by atoms with Crippen LogP contribution in [0.25, 0.3) is 0 Å². The first-order chi connectivity index (χ1) is 8.93. The first-order valence-corrected chi connectivity index (χ1v) is 6.36. The molecule has 7 heteroatoms. The molecular formula is C12H16BrN3O3. The normalized spacial score (nSPS) is 11.8. The molecule has 0 heterocycles. The van der Waals surface area contributed by atoms with Gasteiger partial charge in [0, 0.05) is 18.5 Å². The minimum atomic E-state index is -0.769. The van der Waals surface area contributed by atoms with Crippen molar-refractivity contribution in [2.24, 2.45) is 5.73 Å². The number of methoxy groups -OCH3 is 1. The van der Waals surface area contributed by atoms with Crippen molar-refractivity contribution < 1.29 is 14.3 Å². The fourth-order valence-electron chi connectivity index (χ4n) is 1.40. The van der Waals surface area contributed by atoms with E-state index < -0.39 is 6.04 Å². The molecule has 0 fully saturated rings. The Labute approximate surface area is 119 Å². The van der Waals surface area contributed by atoms with Crippen LogP contribution in [0.15, 0.2) is 22.7 Å². The Balaban J connectivity index is 2.89. The molecule has 104 valence electrons. The number of benzene rings is 1. The van der Waals surface area contributed by atoms with Gasteiger partial charge in [-0.1, -0.05) is 15.9 Å². The van der Waals surface area contributed by atoms with E-state index in [2.05, 4.69) is 26.6 Å². The van der Waals surface area contributed by atoms with E-state index in [0.717, 1.165) is 4.47 Å². The van der Waals surface area contributed by atoms with Gasteiger partial charge in [0.25, 0.3) is 0 Å². The summed E-state index contributed by atoms with van der Waals surface area (Å²) in [5.74, 6) is -0.606. The van der Waals surface area contributed by atoms with Gasteiger partial charge in [-0.15, -0.1) is 0 Å². The van der Waals surface area contributed by atoms with Crippen molar-refractivity contribution in [1.29, 1.82) is 0 Å². The minimum absolute atomic E-state index is 0.120. The third kappa shape index (κ3) is 4.98. The first kappa shape index (κ1) is 15.6. The lowest BCUT2D eigenvalue weighted by atomic mass is 10.2. The third-order valence-corrected chi connectivity index (χ3v) is 2.73. The van der Waals surface area contributed by atoms with E-state index >= 15 is 0 Å². The second-order valence-corrected chi connectivity index (χ2v) is 4.84. The van der Waals surface area contributed by atoms with Gasteiger partial charge >= 0.3 is 0 Å². The predicted octanol–water partition coefficient (Wildman–Crippen LogP) is 1.32. The molecule has 0 bridgehead atoms. The van der Waals surface area contributed by atoms with Gasteiger partial charge in [-0.3, -0.25) is 9.59 Å². The van der Waals surface area contributed by atoms with E-state index in [1.165, 1.54) is 14.0 Å². The number of hydrogen-bond donors (Lipinski definition) is 3. The second kappa shape index (κ2) is 7.22. The summed E-state index contributed by atoms with van der Waals surface area (Å²) in [6.07, 6.45) is 0. The molecule has 2 amide bonds. The molecule has 1 aromatic carbocycles. The van der Waals surface area contributed by atoms with E-state index in [1.54, 1.807) is 18.2 Å². The zero-order valence-electron chi connectivity index (χ0n) is 10.7. The highest BCUT2D eigenvalue weighted by molar-refractivity contribution is 9.10. The highest BCUT2D eigenvalue weighted by Crippen LogP contribution is 2.26. The summed E-state index contributed by atoms with van der Waals surface area (Å²) >= 11 is 3.30. The molecule has 1 atom stereocenters. The molecule has 0 saturated carbocycles. The van der Waals surface area contributed by atoms with Gasteiger partial charge in [-0.2, -0.15) is 0 Å². The highest BCUT2D eigenvalue weighted by Gasteiger charge is 2.15. The van der Waals surface area contributed by atoms with E-state index in [4.69, 9.17) is 10.5 Å². The Morgan fingerprint density at radius 3 is 2.63 bits per heavy atom. The Kier molecular flexibility index (Phi) is 5.94. The average molecular weight is 330 g/mol. The van der Waals surface area contributed by atoms with Gasteiger partial charge in [0.1, 0.15) is 6.04 Å². The Hall–Kier alpha value is -1.44. The predicted molar refractivity (Wildman–Crippen MR) is 76.9 cm³/mol. The quantitative estimate of drug-likeness (QED) is 0.759. The van der Waals surface area contributed by atoms with E-state index in [0.29, 0.717) is 11.4 Å². The Morgan fingerprint density at radius 1 is 1.37 bits per heavy atom. The zero-order valence-corrected chi connectivity index (χ0v) is 12.3. The zero-order chi connectivity index (χ0) is 14.4. The van der Waals surface area contributed by atoms with Gasteiger partial charge in [0.15, 0.2) is 0 Å². The van der Waals surface area contributed by atoms with Crippen LogP contribution in [0.2, 0.25) is 0 Å². The maximum Gasteiger partial charge on any atom is 0.243 e. The highest BCUT2D eigenvalue weighted by atomic mass is 79.9. The minimum Gasteiger partial charge on any atom is -0.383 e. The smallest absolute Gasteiger partial charge is 0.243 e. The molecule has 1 unspecified atom stereocenters. The maximum atomic E-state index is 11.8. The van der Waals surface area contributed by atoms with Crippen molar-refractivity contribution in [3.8, 4) is 0 Å². The van der Waals surface area contributed by atoms with Crippen LogP contribution in [0.5, 0.6) is 0 Å². The first-order valence-electron chi connectivity index (χ1n) is 5.56. The number of amides is 2. The van der Waals surface area contributed by atoms with Gasteiger partial charge in [-0.25, -0.2) is 0 Å². The van der Waals surface area contributed by atoms with E-state index in [-0.39, 0.29) is 18.4 Å². The van der Waals surface area contributed by atoms with Gasteiger partial charge in [-0.05, 0) is 18.2 Å². The number of hydrogen-bond acceptors (Lipinski definition) is 4. The molecule has 4 N–H and O–H groups in total.